The summed E-state index contributed by atoms with van der Waals surface area (Å²) in [4.78, 5) is 29.6. The maximum atomic E-state index is 14.5. The molecular formula is C34H33Cl4N3O4S. The molecule has 0 aliphatic heterocycles. The number of amides is 2. The highest BCUT2D eigenvalue weighted by Crippen LogP contribution is 2.29. The van der Waals surface area contributed by atoms with Gasteiger partial charge in [0.05, 0.1) is 10.6 Å². The number of unbranched alkanes of at least 4 members (excludes halogenated alkanes) is 1. The van der Waals surface area contributed by atoms with Crippen molar-refractivity contribution in [1.29, 1.82) is 0 Å². The van der Waals surface area contributed by atoms with Crippen molar-refractivity contribution in [2.24, 2.45) is 0 Å². The predicted molar refractivity (Wildman–Crippen MR) is 186 cm³/mol. The van der Waals surface area contributed by atoms with Gasteiger partial charge in [0.2, 0.25) is 11.8 Å². The minimum Gasteiger partial charge on any atom is -0.354 e. The fraction of sp³-hybridized carbons (Fsp3) is 0.235. The number of benzene rings is 4. The van der Waals surface area contributed by atoms with Gasteiger partial charge in [-0.25, -0.2) is 8.42 Å². The van der Waals surface area contributed by atoms with Crippen LogP contribution in [0.15, 0.2) is 102 Å². The molecule has 12 heteroatoms. The molecule has 7 nitrogen and oxygen atoms in total. The van der Waals surface area contributed by atoms with E-state index in [0.717, 1.165) is 22.7 Å². The highest BCUT2D eigenvalue weighted by Gasteiger charge is 2.35. The smallest absolute Gasteiger partial charge is 0.264 e. The van der Waals surface area contributed by atoms with Gasteiger partial charge in [-0.15, -0.1) is 0 Å². The lowest BCUT2D eigenvalue weighted by Gasteiger charge is -2.34. The molecule has 0 saturated carbocycles. The van der Waals surface area contributed by atoms with Crippen molar-refractivity contribution in [3.8, 4) is 0 Å². The van der Waals surface area contributed by atoms with Gasteiger partial charge in [-0.3, -0.25) is 13.9 Å². The summed E-state index contributed by atoms with van der Waals surface area (Å²) in [6.45, 7) is 1.71. The Morgan fingerprint density at radius 3 is 2.13 bits per heavy atom. The molecule has 46 heavy (non-hydrogen) atoms. The summed E-state index contributed by atoms with van der Waals surface area (Å²) in [7, 11) is -4.30. The van der Waals surface area contributed by atoms with E-state index in [1.165, 1.54) is 35.2 Å². The third-order valence-corrected chi connectivity index (χ3v) is 10.1. The molecule has 4 aromatic rings. The zero-order valence-corrected chi connectivity index (χ0v) is 28.8. The van der Waals surface area contributed by atoms with Crippen molar-refractivity contribution in [1.82, 2.24) is 10.2 Å². The zero-order chi connectivity index (χ0) is 33.3. The first-order valence-electron chi connectivity index (χ1n) is 14.6. The van der Waals surface area contributed by atoms with E-state index >= 15 is 0 Å². The molecule has 0 unspecified atom stereocenters. The summed E-state index contributed by atoms with van der Waals surface area (Å²) in [5, 5.41) is 4.30. The molecule has 242 valence electrons. The van der Waals surface area contributed by atoms with E-state index in [4.69, 9.17) is 46.4 Å². The number of hydrogen-bond acceptors (Lipinski definition) is 4. The Labute approximate surface area is 290 Å². The largest absolute Gasteiger partial charge is 0.354 e. The molecule has 0 aliphatic rings. The molecule has 0 aromatic heterocycles. The summed E-state index contributed by atoms with van der Waals surface area (Å²) in [6, 6.07) is 25.0. The fourth-order valence-corrected chi connectivity index (χ4v) is 6.97. The highest BCUT2D eigenvalue weighted by atomic mass is 35.5. The minimum absolute atomic E-state index is 0.0740. The van der Waals surface area contributed by atoms with Crippen LogP contribution in [0.3, 0.4) is 0 Å². The molecule has 2 amide bonds. The van der Waals surface area contributed by atoms with Crippen molar-refractivity contribution >= 4 is 73.9 Å². The second-order valence-electron chi connectivity index (χ2n) is 10.6. The number of halogens is 4. The van der Waals surface area contributed by atoms with Crippen LogP contribution in [0.1, 0.15) is 30.9 Å². The van der Waals surface area contributed by atoms with Crippen LogP contribution >= 0.6 is 46.4 Å². The van der Waals surface area contributed by atoms with Gasteiger partial charge < -0.3 is 10.2 Å². The second kappa shape index (κ2) is 16.5. The topological polar surface area (TPSA) is 86.8 Å². The number of carbonyl (C=O) groups excluding carboxylic acids is 2. The number of hydrogen-bond donors (Lipinski definition) is 1. The zero-order valence-electron chi connectivity index (χ0n) is 25.0. The number of rotatable bonds is 14. The van der Waals surface area contributed by atoms with Gasteiger partial charge in [-0.1, -0.05) is 102 Å². The monoisotopic (exact) mass is 719 g/mol. The molecule has 0 fully saturated rings. The maximum absolute atomic E-state index is 14.5. The van der Waals surface area contributed by atoms with Crippen LogP contribution in [0, 0.1) is 0 Å². The van der Waals surface area contributed by atoms with Crippen molar-refractivity contribution in [3.63, 3.8) is 0 Å². The molecule has 0 aliphatic carbocycles. The molecule has 4 aromatic carbocycles. The lowest BCUT2D eigenvalue weighted by molar-refractivity contribution is -0.140. The van der Waals surface area contributed by atoms with Crippen molar-refractivity contribution in [2.45, 2.75) is 43.7 Å². The Hall–Kier alpha value is -3.27. The highest BCUT2D eigenvalue weighted by molar-refractivity contribution is 7.92. The first-order valence-corrected chi connectivity index (χ1v) is 17.5. The van der Waals surface area contributed by atoms with Gasteiger partial charge in [0.15, 0.2) is 0 Å². The lowest BCUT2D eigenvalue weighted by atomic mass is 10.0. The fourth-order valence-electron chi connectivity index (χ4n) is 4.79. The Bertz CT molecular complexity index is 1760. The van der Waals surface area contributed by atoms with Crippen LogP contribution in [0.25, 0.3) is 0 Å². The lowest BCUT2D eigenvalue weighted by Crippen LogP contribution is -2.53. The Kier molecular flexibility index (Phi) is 12.8. The molecule has 1 atom stereocenters. The van der Waals surface area contributed by atoms with Crippen molar-refractivity contribution in [2.75, 3.05) is 17.4 Å². The summed E-state index contributed by atoms with van der Waals surface area (Å²) < 4.78 is 29.2. The number of sulfonamides is 1. The maximum Gasteiger partial charge on any atom is 0.264 e. The van der Waals surface area contributed by atoms with E-state index in [-0.39, 0.29) is 34.5 Å². The van der Waals surface area contributed by atoms with Crippen LogP contribution in [-0.2, 0) is 32.6 Å². The second-order valence-corrected chi connectivity index (χ2v) is 14.1. The normalized spacial score (nSPS) is 11.9. The number of carbonyl (C=O) groups is 2. The molecule has 0 radical (unpaired) electrons. The van der Waals surface area contributed by atoms with Gasteiger partial charge in [0, 0.05) is 39.6 Å². The molecule has 0 spiro atoms. The predicted octanol–water partition coefficient (Wildman–Crippen LogP) is 8.05. The van der Waals surface area contributed by atoms with Crippen LogP contribution < -0.4 is 9.62 Å². The summed E-state index contributed by atoms with van der Waals surface area (Å²) in [5.74, 6) is -0.999. The van der Waals surface area contributed by atoms with E-state index in [9.17, 15) is 18.0 Å². The summed E-state index contributed by atoms with van der Waals surface area (Å²) in [6.07, 6.45) is 1.79. The van der Waals surface area contributed by atoms with Crippen molar-refractivity contribution in [3.05, 3.63) is 128 Å². The van der Waals surface area contributed by atoms with Crippen molar-refractivity contribution < 1.29 is 18.0 Å². The van der Waals surface area contributed by atoms with E-state index in [1.807, 2.05) is 37.3 Å². The first kappa shape index (κ1) is 35.6. The molecule has 4 rings (SSSR count). The first-order chi connectivity index (χ1) is 22.0. The number of anilines is 1. The Balaban J connectivity index is 1.81. The van der Waals surface area contributed by atoms with Gasteiger partial charge >= 0.3 is 0 Å². The van der Waals surface area contributed by atoms with E-state index < -0.39 is 28.5 Å². The number of nitrogens with one attached hydrogen (secondary N) is 1. The molecule has 0 bridgehead atoms. The average molecular weight is 722 g/mol. The summed E-state index contributed by atoms with van der Waals surface area (Å²) >= 11 is 25.0. The van der Waals surface area contributed by atoms with E-state index in [0.29, 0.717) is 27.2 Å². The molecular weight excluding hydrogens is 688 g/mol. The van der Waals surface area contributed by atoms with Gasteiger partial charge in [-0.2, -0.15) is 0 Å². The average Bonchev–Trinajstić information content (AvgIpc) is 3.03. The Morgan fingerprint density at radius 2 is 1.48 bits per heavy atom. The van der Waals surface area contributed by atoms with Gasteiger partial charge in [0.1, 0.15) is 12.6 Å². The molecule has 0 saturated heterocycles. The standard InChI is InChI=1S/C34H33Cl4N3O4S/c1-2-3-18-39-34(43)32(19-24-8-5-4-6-9-24)40(22-25-12-13-28(37)21-31(25)38)33(42)23-41(29-11-7-10-27(36)20-29)46(44,45)30-16-14-26(35)15-17-30/h4-17,20-21,32H,2-3,18-19,22-23H2,1H3,(H,39,43)/t32-/m1/s1. The third-order valence-electron chi connectivity index (χ3n) is 7.23. The van der Waals surface area contributed by atoms with Crippen LogP contribution in [-0.4, -0.2) is 44.3 Å². The summed E-state index contributed by atoms with van der Waals surface area (Å²) in [5.41, 5.74) is 1.53. The Morgan fingerprint density at radius 1 is 0.804 bits per heavy atom. The van der Waals surface area contributed by atoms with Crippen LogP contribution in [0.5, 0.6) is 0 Å². The van der Waals surface area contributed by atoms with E-state index in [1.54, 1.807) is 36.4 Å². The quantitative estimate of drug-likeness (QED) is 0.134. The third kappa shape index (κ3) is 9.39. The van der Waals surface area contributed by atoms with E-state index in [2.05, 4.69) is 5.32 Å². The molecule has 1 N–H and O–H groups in total. The van der Waals surface area contributed by atoms with Crippen LogP contribution in [0.4, 0.5) is 5.69 Å². The van der Waals surface area contributed by atoms with Gasteiger partial charge in [0.25, 0.3) is 10.0 Å². The number of nitrogens with zero attached hydrogens (tertiary/aromatic N) is 2. The SMILES string of the molecule is CCCCNC(=O)[C@@H](Cc1ccccc1)N(Cc1ccc(Cl)cc1Cl)C(=O)CN(c1cccc(Cl)c1)S(=O)(=O)c1ccc(Cl)cc1. The minimum atomic E-state index is -4.30. The molecule has 0 heterocycles. The van der Waals surface area contributed by atoms with Gasteiger partial charge in [-0.05, 0) is 72.1 Å². The van der Waals surface area contributed by atoms with Crippen LogP contribution in [0.2, 0.25) is 20.1 Å².